The largest absolute Gasteiger partial charge is 0.378 e. The summed E-state index contributed by atoms with van der Waals surface area (Å²) in [5.74, 6) is 3.01. The standard InChI is InChI=1S/C20H38O2/c1-15(2)11-12-21-19-10-9-18(17(4)13-19)14-22-20-8-6-5-7-16(20)3/h15-20H,5-14H2,1-4H3. The molecule has 0 N–H and O–H groups in total. The predicted molar refractivity (Wildman–Crippen MR) is 93.1 cm³/mol. The molecule has 0 heterocycles. The van der Waals surface area contributed by atoms with Gasteiger partial charge in [-0.1, -0.05) is 40.5 Å². The summed E-state index contributed by atoms with van der Waals surface area (Å²) >= 11 is 0. The fraction of sp³-hybridized carbons (Fsp3) is 1.00. The first kappa shape index (κ1) is 18.3. The maximum atomic E-state index is 6.31. The molecule has 22 heavy (non-hydrogen) atoms. The Morgan fingerprint density at radius 2 is 1.68 bits per heavy atom. The molecule has 5 atom stereocenters. The monoisotopic (exact) mass is 310 g/mol. The van der Waals surface area contributed by atoms with Gasteiger partial charge in [-0.2, -0.15) is 0 Å². The van der Waals surface area contributed by atoms with Crippen LogP contribution in [0.5, 0.6) is 0 Å². The summed E-state index contributed by atoms with van der Waals surface area (Å²) in [6.07, 6.45) is 11.4. The molecule has 2 aliphatic carbocycles. The van der Waals surface area contributed by atoms with Gasteiger partial charge in [-0.3, -0.25) is 0 Å². The van der Waals surface area contributed by atoms with Crippen LogP contribution in [0.1, 0.15) is 79.1 Å². The molecule has 2 heteroatoms. The van der Waals surface area contributed by atoms with Crippen molar-refractivity contribution < 1.29 is 9.47 Å². The molecule has 0 aliphatic heterocycles. The third-order valence-electron chi connectivity index (χ3n) is 5.90. The second-order valence-electron chi connectivity index (χ2n) is 8.36. The van der Waals surface area contributed by atoms with Gasteiger partial charge in [0, 0.05) is 6.61 Å². The zero-order valence-corrected chi connectivity index (χ0v) is 15.4. The van der Waals surface area contributed by atoms with Crippen molar-refractivity contribution in [1.29, 1.82) is 0 Å². The SMILES string of the molecule is CC(C)CCOC1CCC(COC2CCCCC2C)C(C)C1. The summed E-state index contributed by atoms with van der Waals surface area (Å²) in [4.78, 5) is 0. The van der Waals surface area contributed by atoms with Gasteiger partial charge in [0.2, 0.25) is 0 Å². The summed E-state index contributed by atoms with van der Waals surface area (Å²) < 4.78 is 12.4. The van der Waals surface area contributed by atoms with Gasteiger partial charge in [-0.05, 0) is 62.2 Å². The zero-order chi connectivity index (χ0) is 15.9. The molecule has 0 aromatic heterocycles. The fourth-order valence-electron chi connectivity index (χ4n) is 4.06. The van der Waals surface area contributed by atoms with Crippen LogP contribution in [0.2, 0.25) is 0 Å². The third-order valence-corrected chi connectivity index (χ3v) is 5.90. The van der Waals surface area contributed by atoms with E-state index in [4.69, 9.17) is 9.47 Å². The van der Waals surface area contributed by atoms with Crippen molar-refractivity contribution in [2.75, 3.05) is 13.2 Å². The van der Waals surface area contributed by atoms with Crippen molar-refractivity contribution in [2.45, 2.75) is 91.3 Å². The Morgan fingerprint density at radius 3 is 2.36 bits per heavy atom. The number of hydrogen-bond donors (Lipinski definition) is 0. The Bertz CT molecular complexity index is 302. The van der Waals surface area contributed by atoms with Gasteiger partial charge < -0.3 is 9.47 Å². The highest BCUT2D eigenvalue weighted by molar-refractivity contribution is 4.80. The molecular formula is C20H38O2. The molecule has 0 amide bonds. The molecule has 0 radical (unpaired) electrons. The molecule has 0 aromatic carbocycles. The van der Waals surface area contributed by atoms with Crippen LogP contribution < -0.4 is 0 Å². The van der Waals surface area contributed by atoms with Crippen LogP contribution in [-0.2, 0) is 9.47 Å². The van der Waals surface area contributed by atoms with Crippen molar-refractivity contribution in [3.05, 3.63) is 0 Å². The van der Waals surface area contributed by atoms with Gasteiger partial charge in [0.05, 0.1) is 18.8 Å². The van der Waals surface area contributed by atoms with Crippen LogP contribution in [-0.4, -0.2) is 25.4 Å². The molecule has 2 nitrogen and oxygen atoms in total. The lowest BCUT2D eigenvalue weighted by molar-refractivity contribution is -0.0570. The van der Waals surface area contributed by atoms with Crippen LogP contribution in [0.15, 0.2) is 0 Å². The third kappa shape index (κ3) is 5.85. The van der Waals surface area contributed by atoms with E-state index in [-0.39, 0.29) is 0 Å². The minimum absolute atomic E-state index is 0.499. The predicted octanol–water partition coefficient (Wildman–Crippen LogP) is 5.45. The van der Waals surface area contributed by atoms with Crippen LogP contribution >= 0.6 is 0 Å². The average Bonchev–Trinajstić information content (AvgIpc) is 2.47. The summed E-state index contributed by atoms with van der Waals surface area (Å²) in [6, 6.07) is 0. The van der Waals surface area contributed by atoms with E-state index in [1.165, 1.54) is 51.4 Å². The summed E-state index contributed by atoms with van der Waals surface area (Å²) in [5.41, 5.74) is 0. The van der Waals surface area contributed by atoms with E-state index in [1.54, 1.807) is 0 Å². The van der Waals surface area contributed by atoms with E-state index < -0.39 is 0 Å². The first-order valence-corrected chi connectivity index (χ1v) is 9.79. The maximum Gasteiger partial charge on any atom is 0.0600 e. The van der Waals surface area contributed by atoms with E-state index in [0.717, 1.165) is 36.9 Å². The molecule has 5 unspecified atom stereocenters. The van der Waals surface area contributed by atoms with Gasteiger partial charge in [0.25, 0.3) is 0 Å². The van der Waals surface area contributed by atoms with E-state index in [9.17, 15) is 0 Å². The molecule has 130 valence electrons. The lowest BCUT2D eigenvalue weighted by Gasteiger charge is -2.36. The molecule has 2 aliphatic rings. The van der Waals surface area contributed by atoms with Gasteiger partial charge in [0.15, 0.2) is 0 Å². The van der Waals surface area contributed by atoms with Crippen LogP contribution in [0.25, 0.3) is 0 Å². The highest BCUT2D eigenvalue weighted by Crippen LogP contribution is 2.33. The van der Waals surface area contributed by atoms with Gasteiger partial charge in [-0.15, -0.1) is 0 Å². The molecule has 0 spiro atoms. The lowest BCUT2D eigenvalue weighted by atomic mass is 9.79. The molecule has 2 fully saturated rings. The Balaban J connectivity index is 1.65. The highest BCUT2D eigenvalue weighted by Gasteiger charge is 2.30. The van der Waals surface area contributed by atoms with Crippen molar-refractivity contribution in [1.82, 2.24) is 0 Å². The maximum absolute atomic E-state index is 6.31. The van der Waals surface area contributed by atoms with Crippen molar-refractivity contribution >= 4 is 0 Å². The number of ether oxygens (including phenoxy) is 2. The number of rotatable bonds is 7. The topological polar surface area (TPSA) is 18.5 Å². The van der Waals surface area contributed by atoms with Gasteiger partial charge >= 0.3 is 0 Å². The van der Waals surface area contributed by atoms with Crippen molar-refractivity contribution in [2.24, 2.45) is 23.7 Å². The van der Waals surface area contributed by atoms with E-state index in [1.807, 2.05) is 0 Å². The minimum Gasteiger partial charge on any atom is -0.378 e. The summed E-state index contributed by atoms with van der Waals surface area (Å²) in [5, 5.41) is 0. The molecule has 0 bridgehead atoms. The fourth-order valence-corrected chi connectivity index (χ4v) is 4.06. The van der Waals surface area contributed by atoms with Crippen molar-refractivity contribution in [3.8, 4) is 0 Å². The van der Waals surface area contributed by atoms with Gasteiger partial charge in [-0.25, -0.2) is 0 Å². The van der Waals surface area contributed by atoms with Crippen LogP contribution in [0.3, 0.4) is 0 Å². The smallest absolute Gasteiger partial charge is 0.0600 e. The highest BCUT2D eigenvalue weighted by atomic mass is 16.5. The van der Waals surface area contributed by atoms with Crippen LogP contribution in [0, 0.1) is 23.7 Å². The second-order valence-corrected chi connectivity index (χ2v) is 8.36. The molecule has 0 saturated heterocycles. The Kier molecular flexibility index (Phi) is 7.70. The van der Waals surface area contributed by atoms with Crippen LogP contribution in [0.4, 0.5) is 0 Å². The van der Waals surface area contributed by atoms with E-state index >= 15 is 0 Å². The molecule has 0 aromatic rings. The molecule has 2 rings (SSSR count). The normalized spacial score (nSPS) is 36.7. The summed E-state index contributed by atoms with van der Waals surface area (Å²) in [6.45, 7) is 11.2. The van der Waals surface area contributed by atoms with Gasteiger partial charge in [0.1, 0.15) is 0 Å². The van der Waals surface area contributed by atoms with E-state index in [2.05, 4.69) is 27.7 Å². The first-order valence-electron chi connectivity index (χ1n) is 9.79. The Morgan fingerprint density at radius 1 is 0.909 bits per heavy atom. The second kappa shape index (κ2) is 9.27. The summed E-state index contributed by atoms with van der Waals surface area (Å²) in [7, 11) is 0. The minimum atomic E-state index is 0.499. The zero-order valence-electron chi connectivity index (χ0n) is 15.4. The van der Waals surface area contributed by atoms with E-state index in [0.29, 0.717) is 12.2 Å². The molecule has 2 saturated carbocycles. The Hall–Kier alpha value is -0.0800. The molecular weight excluding hydrogens is 272 g/mol. The Labute approximate surface area is 138 Å². The quantitative estimate of drug-likeness (QED) is 0.622. The number of hydrogen-bond acceptors (Lipinski definition) is 2. The average molecular weight is 311 g/mol. The van der Waals surface area contributed by atoms with Crippen molar-refractivity contribution in [3.63, 3.8) is 0 Å². The lowest BCUT2D eigenvalue weighted by Crippen LogP contribution is -2.34. The first-order chi connectivity index (χ1) is 10.6.